The monoisotopic (exact) mass is 242 g/mol. The lowest BCUT2D eigenvalue weighted by Gasteiger charge is -2.11. The molecule has 18 heavy (non-hydrogen) atoms. The van der Waals surface area contributed by atoms with Gasteiger partial charge in [-0.25, -0.2) is 15.0 Å². The fraction of sp³-hybridized carbons (Fsp3) is 0.357. The summed E-state index contributed by atoms with van der Waals surface area (Å²) < 4.78 is 0. The lowest BCUT2D eigenvalue weighted by atomic mass is 10.1. The smallest absolute Gasteiger partial charge is 0.127 e. The van der Waals surface area contributed by atoms with Gasteiger partial charge in [0.1, 0.15) is 11.6 Å². The maximum atomic E-state index is 4.46. The molecule has 0 atom stereocenters. The van der Waals surface area contributed by atoms with Gasteiger partial charge in [-0.3, -0.25) is 0 Å². The van der Waals surface area contributed by atoms with Crippen molar-refractivity contribution >= 4 is 5.82 Å². The van der Waals surface area contributed by atoms with Crippen LogP contribution in [0.1, 0.15) is 18.4 Å². The van der Waals surface area contributed by atoms with Crippen LogP contribution < -0.4 is 4.90 Å². The first-order chi connectivity index (χ1) is 8.60. The molecule has 0 saturated carbocycles. The number of aromatic nitrogens is 3. The molecular weight excluding hydrogens is 224 g/mol. The third-order valence-corrected chi connectivity index (χ3v) is 2.76. The van der Waals surface area contributed by atoms with Gasteiger partial charge in [-0.2, -0.15) is 0 Å². The minimum atomic E-state index is 0.807. The van der Waals surface area contributed by atoms with E-state index in [1.807, 2.05) is 50.3 Å². The van der Waals surface area contributed by atoms with Crippen molar-refractivity contribution in [3.63, 3.8) is 0 Å². The standard InChI is InChI=1S/C14H18N4/c1-5-12-8-13(17-10(2)16-12)11-6-7-14(15-9-11)18(3)4/h6-9H,5H2,1-4H3. The van der Waals surface area contributed by atoms with Crippen molar-refractivity contribution in [1.29, 1.82) is 0 Å². The Kier molecular flexibility index (Phi) is 3.55. The minimum absolute atomic E-state index is 0.807. The molecular formula is C14H18N4. The number of aryl methyl sites for hydroxylation is 2. The molecule has 0 aliphatic rings. The molecule has 2 rings (SSSR count). The Morgan fingerprint density at radius 1 is 1.17 bits per heavy atom. The Labute approximate surface area is 108 Å². The molecule has 2 heterocycles. The molecule has 2 aromatic heterocycles. The predicted molar refractivity (Wildman–Crippen MR) is 73.7 cm³/mol. The zero-order valence-corrected chi connectivity index (χ0v) is 11.3. The average molecular weight is 242 g/mol. The molecule has 0 aromatic carbocycles. The lowest BCUT2D eigenvalue weighted by molar-refractivity contribution is 0.952. The van der Waals surface area contributed by atoms with Crippen LogP contribution in [0.2, 0.25) is 0 Å². The number of hydrogen-bond donors (Lipinski definition) is 0. The van der Waals surface area contributed by atoms with Gasteiger partial charge in [-0.15, -0.1) is 0 Å². The molecule has 0 spiro atoms. The summed E-state index contributed by atoms with van der Waals surface area (Å²) in [5, 5.41) is 0. The van der Waals surface area contributed by atoms with Crippen molar-refractivity contribution in [3.8, 4) is 11.3 Å². The average Bonchev–Trinajstić information content (AvgIpc) is 2.38. The second-order valence-corrected chi connectivity index (χ2v) is 4.44. The first kappa shape index (κ1) is 12.5. The molecule has 94 valence electrons. The summed E-state index contributed by atoms with van der Waals surface area (Å²) in [6.45, 7) is 4.02. The Morgan fingerprint density at radius 2 is 1.94 bits per heavy atom. The zero-order chi connectivity index (χ0) is 13.1. The van der Waals surface area contributed by atoms with Crippen molar-refractivity contribution in [2.45, 2.75) is 20.3 Å². The van der Waals surface area contributed by atoms with E-state index in [-0.39, 0.29) is 0 Å². The van der Waals surface area contributed by atoms with Crippen molar-refractivity contribution in [2.75, 3.05) is 19.0 Å². The van der Waals surface area contributed by atoms with Gasteiger partial charge < -0.3 is 4.90 Å². The fourth-order valence-electron chi connectivity index (χ4n) is 1.76. The summed E-state index contributed by atoms with van der Waals surface area (Å²) in [5.41, 5.74) is 3.03. The number of nitrogens with zero attached hydrogens (tertiary/aromatic N) is 4. The highest BCUT2D eigenvalue weighted by Gasteiger charge is 2.05. The summed E-state index contributed by atoms with van der Waals surface area (Å²) in [6.07, 6.45) is 2.77. The van der Waals surface area contributed by atoms with Gasteiger partial charge in [0.15, 0.2) is 0 Å². The predicted octanol–water partition coefficient (Wildman–Crippen LogP) is 2.48. The van der Waals surface area contributed by atoms with E-state index in [0.717, 1.165) is 35.0 Å². The maximum Gasteiger partial charge on any atom is 0.127 e. The summed E-state index contributed by atoms with van der Waals surface area (Å²) in [4.78, 5) is 15.2. The number of rotatable bonds is 3. The Bertz CT molecular complexity index is 532. The molecule has 0 bridgehead atoms. The fourth-order valence-corrected chi connectivity index (χ4v) is 1.76. The van der Waals surface area contributed by atoms with Gasteiger partial charge in [0, 0.05) is 31.5 Å². The summed E-state index contributed by atoms with van der Waals surface area (Å²) in [5.74, 6) is 1.75. The summed E-state index contributed by atoms with van der Waals surface area (Å²) in [6, 6.07) is 6.07. The molecule has 2 aromatic rings. The van der Waals surface area contributed by atoms with Gasteiger partial charge in [0.05, 0.1) is 5.69 Å². The first-order valence-electron chi connectivity index (χ1n) is 6.08. The van der Waals surface area contributed by atoms with Crippen LogP contribution in [0.3, 0.4) is 0 Å². The van der Waals surface area contributed by atoms with Crippen LogP contribution in [-0.4, -0.2) is 29.0 Å². The molecule has 0 saturated heterocycles. The van der Waals surface area contributed by atoms with Crippen molar-refractivity contribution in [3.05, 3.63) is 35.9 Å². The van der Waals surface area contributed by atoms with Crippen LogP contribution in [0.4, 0.5) is 5.82 Å². The van der Waals surface area contributed by atoms with E-state index in [0.29, 0.717) is 0 Å². The topological polar surface area (TPSA) is 41.9 Å². The highest BCUT2D eigenvalue weighted by Crippen LogP contribution is 2.19. The molecule has 4 heteroatoms. The van der Waals surface area contributed by atoms with E-state index >= 15 is 0 Å². The quantitative estimate of drug-likeness (QED) is 0.829. The van der Waals surface area contributed by atoms with Crippen LogP contribution in [0.25, 0.3) is 11.3 Å². The Morgan fingerprint density at radius 3 is 2.50 bits per heavy atom. The highest BCUT2D eigenvalue weighted by atomic mass is 15.1. The van der Waals surface area contributed by atoms with Crippen LogP contribution in [-0.2, 0) is 6.42 Å². The number of hydrogen-bond acceptors (Lipinski definition) is 4. The van der Waals surface area contributed by atoms with E-state index < -0.39 is 0 Å². The molecule has 4 nitrogen and oxygen atoms in total. The van der Waals surface area contributed by atoms with Crippen molar-refractivity contribution in [2.24, 2.45) is 0 Å². The summed E-state index contributed by atoms with van der Waals surface area (Å²) in [7, 11) is 3.96. The molecule has 0 fully saturated rings. The molecule has 0 unspecified atom stereocenters. The zero-order valence-electron chi connectivity index (χ0n) is 11.3. The second kappa shape index (κ2) is 5.12. The van der Waals surface area contributed by atoms with Crippen LogP contribution >= 0.6 is 0 Å². The molecule has 0 aliphatic heterocycles. The van der Waals surface area contributed by atoms with E-state index in [1.165, 1.54) is 0 Å². The van der Waals surface area contributed by atoms with E-state index in [2.05, 4.69) is 21.9 Å². The van der Waals surface area contributed by atoms with Gasteiger partial charge in [-0.1, -0.05) is 6.92 Å². The van der Waals surface area contributed by atoms with Crippen LogP contribution in [0, 0.1) is 6.92 Å². The SMILES string of the molecule is CCc1cc(-c2ccc(N(C)C)nc2)nc(C)n1. The number of pyridine rings is 1. The largest absolute Gasteiger partial charge is 0.363 e. The van der Waals surface area contributed by atoms with E-state index in [4.69, 9.17) is 0 Å². The minimum Gasteiger partial charge on any atom is -0.363 e. The van der Waals surface area contributed by atoms with E-state index in [1.54, 1.807) is 0 Å². The summed E-state index contributed by atoms with van der Waals surface area (Å²) >= 11 is 0. The normalized spacial score (nSPS) is 10.4. The first-order valence-corrected chi connectivity index (χ1v) is 6.08. The van der Waals surface area contributed by atoms with Gasteiger partial charge in [0.2, 0.25) is 0 Å². The molecule has 0 aliphatic carbocycles. The van der Waals surface area contributed by atoms with Crippen LogP contribution in [0.5, 0.6) is 0 Å². The molecule has 0 N–H and O–H groups in total. The van der Waals surface area contributed by atoms with Crippen LogP contribution in [0.15, 0.2) is 24.4 Å². The Hall–Kier alpha value is -1.97. The molecule has 0 radical (unpaired) electrons. The van der Waals surface area contributed by atoms with Gasteiger partial charge in [0.25, 0.3) is 0 Å². The molecule has 0 amide bonds. The second-order valence-electron chi connectivity index (χ2n) is 4.44. The third kappa shape index (κ3) is 2.64. The third-order valence-electron chi connectivity index (χ3n) is 2.76. The van der Waals surface area contributed by atoms with Crippen molar-refractivity contribution in [1.82, 2.24) is 15.0 Å². The van der Waals surface area contributed by atoms with E-state index in [9.17, 15) is 0 Å². The van der Waals surface area contributed by atoms with Crippen molar-refractivity contribution < 1.29 is 0 Å². The maximum absolute atomic E-state index is 4.46. The van der Waals surface area contributed by atoms with Gasteiger partial charge in [-0.05, 0) is 31.5 Å². The lowest BCUT2D eigenvalue weighted by Crippen LogP contribution is -2.10. The highest BCUT2D eigenvalue weighted by molar-refractivity contribution is 5.60. The number of anilines is 1. The Balaban J connectivity index is 2.39. The van der Waals surface area contributed by atoms with Gasteiger partial charge >= 0.3 is 0 Å².